The van der Waals surface area contributed by atoms with Crippen LogP contribution < -0.4 is 9.67 Å². The van der Waals surface area contributed by atoms with E-state index >= 15 is 0 Å². The van der Waals surface area contributed by atoms with Crippen molar-refractivity contribution in [2.75, 3.05) is 7.05 Å². The van der Waals surface area contributed by atoms with Crippen LogP contribution in [0.4, 0.5) is 0 Å². The maximum Gasteiger partial charge on any atom is 0.292 e. The first kappa shape index (κ1) is 17.7. The fourth-order valence-corrected chi connectivity index (χ4v) is 3.36. The number of aliphatic hydroxyl groups excluding tert-OH is 3. The minimum absolute atomic E-state index is 0.0323. The Morgan fingerprint density at radius 1 is 1.32 bits per heavy atom. The number of carboxylic acids is 1. The summed E-state index contributed by atoms with van der Waals surface area (Å²) in [5.41, 5.74) is 0.789. The number of aliphatic carboxylic acids is 1. The van der Waals surface area contributed by atoms with E-state index in [4.69, 9.17) is 4.74 Å². The highest BCUT2D eigenvalue weighted by atomic mass is 16.6. The monoisotopic (exact) mass is 352 g/mol. The number of likely N-dealkylation sites (tertiary alicyclic amines) is 1. The van der Waals surface area contributed by atoms with Gasteiger partial charge in [0, 0.05) is 25.1 Å². The van der Waals surface area contributed by atoms with Crippen LogP contribution in [0.1, 0.15) is 30.7 Å². The SMILES string of the molecule is CN1C(=O)CC[C@@H]1c1ccc[n+]([C@H]2O[C@@H](C(=O)[O-])[C@H](O)[C@@H](O)[C@@H]2O)c1. The van der Waals surface area contributed by atoms with Crippen molar-refractivity contribution in [2.24, 2.45) is 0 Å². The summed E-state index contributed by atoms with van der Waals surface area (Å²) in [6.07, 6.45) is -3.75. The van der Waals surface area contributed by atoms with E-state index in [1.54, 1.807) is 30.4 Å². The summed E-state index contributed by atoms with van der Waals surface area (Å²) < 4.78 is 6.67. The Morgan fingerprint density at radius 3 is 2.64 bits per heavy atom. The summed E-state index contributed by atoms with van der Waals surface area (Å²) in [5, 5.41) is 40.9. The third-order valence-corrected chi connectivity index (χ3v) is 4.84. The zero-order valence-corrected chi connectivity index (χ0v) is 13.6. The van der Waals surface area contributed by atoms with Crippen molar-refractivity contribution in [3.05, 3.63) is 30.1 Å². The average Bonchev–Trinajstić information content (AvgIpc) is 2.92. The molecule has 1 aromatic heterocycles. The lowest BCUT2D eigenvalue weighted by atomic mass is 9.97. The molecule has 25 heavy (non-hydrogen) atoms. The molecule has 0 unspecified atom stereocenters. The van der Waals surface area contributed by atoms with Crippen molar-refractivity contribution >= 4 is 11.9 Å². The molecular formula is C16H20N2O7. The molecule has 0 aromatic carbocycles. The quantitative estimate of drug-likeness (QED) is 0.494. The van der Waals surface area contributed by atoms with Gasteiger partial charge in [0.25, 0.3) is 6.23 Å². The van der Waals surface area contributed by atoms with E-state index in [-0.39, 0.29) is 11.9 Å². The van der Waals surface area contributed by atoms with Gasteiger partial charge in [-0.15, -0.1) is 0 Å². The standard InChI is InChI=1S/C16H20N2O7/c1-17-9(4-5-10(17)19)8-3-2-6-18(7-8)15-13(22)11(20)12(21)14(25-15)16(23)24/h2-3,6-7,9,11-15,20-22H,4-5H2,1H3/t9-,11-,12-,13+,14-,15+/m1/s1. The lowest BCUT2D eigenvalue weighted by Gasteiger charge is -2.37. The molecule has 0 spiro atoms. The van der Waals surface area contributed by atoms with Crippen molar-refractivity contribution in [3.63, 3.8) is 0 Å². The number of hydrogen-bond acceptors (Lipinski definition) is 7. The molecule has 2 aliphatic heterocycles. The zero-order chi connectivity index (χ0) is 18.3. The summed E-state index contributed by atoms with van der Waals surface area (Å²) in [4.78, 5) is 24.4. The van der Waals surface area contributed by atoms with E-state index in [0.29, 0.717) is 12.8 Å². The molecule has 9 heteroatoms. The number of rotatable bonds is 3. The molecule has 136 valence electrons. The molecule has 3 heterocycles. The van der Waals surface area contributed by atoms with Crippen molar-refractivity contribution in [1.82, 2.24) is 4.90 Å². The molecule has 3 N–H and O–H groups in total. The van der Waals surface area contributed by atoms with Crippen LogP contribution in [-0.2, 0) is 14.3 Å². The number of pyridine rings is 1. The predicted molar refractivity (Wildman–Crippen MR) is 78.3 cm³/mol. The van der Waals surface area contributed by atoms with E-state index < -0.39 is 36.6 Å². The molecule has 9 nitrogen and oxygen atoms in total. The van der Waals surface area contributed by atoms with Gasteiger partial charge in [0.05, 0.1) is 12.0 Å². The summed E-state index contributed by atoms with van der Waals surface area (Å²) in [6.45, 7) is 0. The highest BCUT2D eigenvalue weighted by molar-refractivity contribution is 5.78. The summed E-state index contributed by atoms with van der Waals surface area (Å²) in [6, 6.07) is 3.36. The number of carboxylic acid groups (broad SMARTS) is 1. The number of carbonyl (C=O) groups excluding carboxylic acids is 2. The van der Waals surface area contributed by atoms with Crippen LogP contribution in [0.15, 0.2) is 24.5 Å². The van der Waals surface area contributed by atoms with Crippen molar-refractivity contribution in [1.29, 1.82) is 0 Å². The highest BCUT2D eigenvalue weighted by Gasteiger charge is 2.49. The maximum absolute atomic E-state index is 11.7. The summed E-state index contributed by atoms with van der Waals surface area (Å²) in [7, 11) is 1.70. The summed E-state index contributed by atoms with van der Waals surface area (Å²) >= 11 is 0. The molecule has 3 rings (SSSR count). The highest BCUT2D eigenvalue weighted by Crippen LogP contribution is 2.31. The van der Waals surface area contributed by atoms with E-state index in [9.17, 15) is 30.0 Å². The second-order valence-corrected chi connectivity index (χ2v) is 6.38. The first-order chi connectivity index (χ1) is 11.8. The predicted octanol–water partition coefficient (Wildman–Crippen LogP) is -3.00. The Hall–Kier alpha value is -2.07. The van der Waals surface area contributed by atoms with Crippen molar-refractivity contribution in [2.45, 2.75) is 49.5 Å². The molecule has 2 aliphatic rings. The molecule has 2 fully saturated rings. The Kier molecular flexibility index (Phi) is 4.74. The second-order valence-electron chi connectivity index (χ2n) is 6.38. The lowest BCUT2D eigenvalue weighted by molar-refractivity contribution is -0.777. The molecule has 0 radical (unpaired) electrons. The van der Waals surface area contributed by atoms with Crippen LogP contribution in [0.25, 0.3) is 0 Å². The van der Waals surface area contributed by atoms with E-state index in [1.165, 1.54) is 4.57 Å². The Labute approximate surface area is 143 Å². The lowest BCUT2D eigenvalue weighted by Crippen LogP contribution is -2.65. The number of ether oxygens (including phenoxy) is 1. The van der Waals surface area contributed by atoms with Gasteiger partial charge in [-0.1, -0.05) is 0 Å². The fourth-order valence-electron chi connectivity index (χ4n) is 3.36. The maximum atomic E-state index is 11.7. The number of nitrogens with zero attached hydrogens (tertiary/aromatic N) is 2. The van der Waals surface area contributed by atoms with Crippen LogP contribution >= 0.6 is 0 Å². The van der Waals surface area contributed by atoms with Gasteiger partial charge in [0.1, 0.15) is 18.3 Å². The molecule has 1 aromatic rings. The van der Waals surface area contributed by atoms with Crippen LogP contribution in [0.3, 0.4) is 0 Å². The molecule has 0 saturated carbocycles. The third kappa shape index (κ3) is 3.11. The average molecular weight is 352 g/mol. The Morgan fingerprint density at radius 2 is 2.04 bits per heavy atom. The van der Waals surface area contributed by atoms with Gasteiger partial charge in [-0.3, -0.25) is 4.79 Å². The minimum atomic E-state index is -1.79. The van der Waals surface area contributed by atoms with Gasteiger partial charge >= 0.3 is 0 Å². The third-order valence-electron chi connectivity index (χ3n) is 4.84. The molecular weight excluding hydrogens is 332 g/mol. The smallest absolute Gasteiger partial charge is 0.292 e. The first-order valence-corrected chi connectivity index (χ1v) is 7.98. The van der Waals surface area contributed by atoms with Gasteiger partial charge < -0.3 is 34.9 Å². The van der Waals surface area contributed by atoms with Gasteiger partial charge in [0.15, 0.2) is 18.5 Å². The van der Waals surface area contributed by atoms with Gasteiger partial charge in [0.2, 0.25) is 5.91 Å². The topological polar surface area (TPSA) is 134 Å². The van der Waals surface area contributed by atoms with E-state index in [2.05, 4.69) is 0 Å². The van der Waals surface area contributed by atoms with E-state index in [1.807, 2.05) is 6.07 Å². The number of aliphatic hydroxyl groups is 3. The minimum Gasteiger partial charge on any atom is -0.547 e. The number of aromatic nitrogens is 1. The van der Waals surface area contributed by atoms with Crippen LogP contribution in [-0.4, -0.2) is 63.6 Å². The normalized spacial score (nSPS) is 35.8. The molecule has 6 atom stereocenters. The fraction of sp³-hybridized carbons (Fsp3) is 0.562. The van der Waals surface area contributed by atoms with Crippen molar-refractivity contribution in [3.8, 4) is 0 Å². The van der Waals surface area contributed by atoms with Crippen LogP contribution in [0.5, 0.6) is 0 Å². The van der Waals surface area contributed by atoms with Crippen LogP contribution in [0, 0.1) is 0 Å². The Bertz CT molecular complexity index is 682. The van der Waals surface area contributed by atoms with Crippen molar-refractivity contribution < 1.29 is 39.3 Å². The molecule has 0 bridgehead atoms. The summed E-state index contributed by atoms with van der Waals surface area (Å²) in [5.74, 6) is -1.65. The molecule has 1 amide bonds. The van der Waals surface area contributed by atoms with Gasteiger partial charge in [-0.25, -0.2) is 0 Å². The Balaban J connectivity index is 1.89. The van der Waals surface area contributed by atoms with Gasteiger partial charge in [-0.2, -0.15) is 4.57 Å². The van der Waals surface area contributed by atoms with Gasteiger partial charge in [-0.05, 0) is 12.5 Å². The zero-order valence-electron chi connectivity index (χ0n) is 13.6. The number of carbonyl (C=O) groups is 2. The first-order valence-electron chi connectivity index (χ1n) is 7.98. The molecule has 0 aliphatic carbocycles. The second kappa shape index (κ2) is 6.68. The largest absolute Gasteiger partial charge is 0.547 e. The molecule has 2 saturated heterocycles. The number of hydrogen-bond donors (Lipinski definition) is 3. The number of amides is 1. The van der Waals surface area contributed by atoms with Crippen LogP contribution in [0.2, 0.25) is 0 Å². The van der Waals surface area contributed by atoms with E-state index in [0.717, 1.165) is 5.56 Å².